The van der Waals surface area contributed by atoms with Crippen LogP contribution in [0.2, 0.25) is 5.02 Å². The smallest absolute Gasteiger partial charge is 0.238 e. The summed E-state index contributed by atoms with van der Waals surface area (Å²) in [5.41, 5.74) is 2.50. The van der Waals surface area contributed by atoms with E-state index in [1.807, 2.05) is 43.3 Å². The van der Waals surface area contributed by atoms with Crippen molar-refractivity contribution in [1.82, 2.24) is 9.97 Å². The molecule has 1 heterocycles. The van der Waals surface area contributed by atoms with Gasteiger partial charge in [0, 0.05) is 0 Å². The molecule has 6 heteroatoms. The molecular weight excluding hydrogens is 330 g/mol. The SMILES string of the molecule is CCC(Sc1nc2ccccc2[nH]1)C(=O)Nc1ccccc1Cl. The molecule has 0 bridgehead atoms. The van der Waals surface area contributed by atoms with Crippen molar-refractivity contribution in [3.8, 4) is 0 Å². The molecule has 0 aliphatic heterocycles. The summed E-state index contributed by atoms with van der Waals surface area (Å²) in [6, 6.07) is 15.0. The topological polar surface area (TPSA) is 57.8 Å². The van der Waals surface area contributed by atoms with Crippen molar-refractivity contribution in [1.29, 1.82) is 0 Å². The Morgan fingerprint density at radius 2 is 2.00 bits per heavy atom. The number of para-hydroxylation sites is 3. The molecule has 4 nitrogen and oxygen atoms in total. The van der Waals surface area contributed by atoms with Gasteiger partial charge in [0.2, 0.25) is 5.91 Å². The second-order valence-corrected chi connectivity index (χ2v) is 6.64. The van der Waals surface area contributed by atoms with Gasteiger partial charge in [0.25, 0.3) is 0 Å². The monoisotopic (exact) mass is 345 g/mol. The Balaban J connectivity index is 1.74. The zero-order valence-corrected chi connectivity index (χ0v) is 14.1. The Bertz CT molecular complexity index is 800. The number of halogens is 1. The van der Waals surface area contributed by atoms with Crippen molar-refractivity contribution in [2.75, 3.05) is 5.32 Å². The van der Waals surface area contributed by atoms with Gasteiger partial charge in [-0.05, 0) is 30.7 Å². The Hall–Kier alpha value is -1.98. The van der Waals surface area contributed by atoms with Crippen molar-refractivity contribution >= 4 is 46.0 Å². The Kier molecular flexibility index (Phi) is 4.88. The van der Waals surface area contributed by atoms with Gasteiger partial charge in [0.1, 0.15) is 0 Å². The number of aromatic amines is 1. The number of hydrogen-bond donors (Lipinski definition) is 2. The lowest BCUT2D eigenvalue weighted by molar-refractivity contribution is -0.115. The number of thioether (sulfide) groups is 1. The first kappa shape index (κ1) is 15.9. The van der Waals surface area contributed by atoms with Crippen LogP contribution in [0.4, 0.5) is 5.69 Å². The minimum absolute atomic E-state index is 0.0777. The fraction of sp³-hybridized carbons (Fsp3) is 0.176. The third kappa shape index (κ3) is 3.68. The van der Waals surface area contributed by atoms with Gasteiger partial charge in [-0.2, -0.15) is 0 Å². The zero-order valence-electron chi connectivity index (χ0n) is 12.5. The molecule has 2 aromatic carbocycles. The average molecular weight is 346 g/mol. The summed E-state index contributed by atoms with van der Waals surface area (Å²) in [7, 11) is 0. The number of fused-ring (bicyclic) bond motifs is 1. The standard InChI is InChI=1S/C17H16ClN3OS/c1-2-15(16(22)19-12-8-4-3-7-11(12)18)23-17-20-13-9-5-6-10-14(13)21-17/h3-10,15H,2H2,1H3,(H,19,22)(H,20,21). The first-order chi connectivity index (χ1) is 11.2. The van der Waals surface area contributed by atoms with Crippen LogP contribution < -0.4 is 5.32 Å². The minimum Gasteiger partial charge on any atom is -0.333 e. The van der Waals surface area contributed by atoms with Crippen LogP contribution in [-0.4, -0.2) is 21.1 Å². The summed E-state index contributed by atoms with van der Waals surface area (Å²) in [4.78, 5) is 20.2. The summed E-state index contributed by atoms with van der Waals surface area (Å²) < 4.78 is 0. The number of nitrogens with one attached hydrogen (secondary N) is 2. The summed E-state index contributed by atoms with van der Waals surface area (Å²) in [5, 5.41) is 3.91. The summed E-state index contributed by atoms with van der Waals surface area (Å²) >= 11 is 7.52. The number of carbonyl (C=O) groups excluding carboxylic acids is 1. The van der Waals surface area contributed by atoms with E-state index in [1.165, 1.54) is 11.8 Å². The second kappa shape index (κ2) is 7.06. The maximum absolute atomic E-state index is 12.5. The fourth-order valence-corrected chi connectivity index (χ4v) is 3.32. The minimum atomic E-state index is -0.244. The molecule has 118 valence electrons. The number of rotatable bonds is 5. The van der Waals surface area contributed by atoms with Crippen LogP contribution in [0.3, 0.4) is 0 Å². The van der Waals surface area contributed by atoms with Crippen molar-refractivity contribution in [2.45, 2.75) is 23.8 Å². The molecule has 2 N–H and O–H groups in total. The van der Waals surface area contributed by atoms with E-state index in [0.29, 0.717) is 17.1 Å². The maximum atomic E-state index is 12.5. The summed E-state index contributed by atoms with van der Waals surface area (Å²) in [6.07, 6.45) is 0.692. The van der Waals surface area contributed by atoms with Crippen LogP contribution in [0.15, 0.2) is 53.7 Å². The quantitative estimate of drug-likeness (QED) is 0.657. The Morgan fingerprint density at radius 3 is 2.74 bits per heavy atom. The number of amides is 1. The van der Waals surface area contributed by atoms with Crippen LogP contribution in [0, 0.1) is 0 Å². The fourth-order valence-electron chi connectivity index (χ4n) is 2.22. The van der Waals surface area contributed by atoms with Crippen molar-refractivity contribution in [2.24, 2.45) is 0 Å². The molecule has 0 spiro atoms. The van der Waals surface area contributed by atoms with Gasteiger partial charge in [-0.3, -0.25) is 4.79 Å². The lowest BCUT2D eigenvalue weighted by Crippen LogP contribution is -2.24. The number of anilines is 1. The van der Waals surface area contributed by atoms with E-state index in [2.05, 4.69) is 15.3 Å². The molecule has 23 heavy (non-hydrogen) atoms. The van der Waals surface area contributed by atoms with Crippen LogP contribution in [0.5, 0.6) is 0 Å². The van der Waals surface area contributed by atoms with Gasteiger partial charge in [-0.25, -0.2) is 4.98 Å². The van der Waals surface area contributed by atoms with Crippen LogP contribution >= 0.6 is 23.4 Å². The Labute approximate surface area is 143 Å². The number of nitrogens with zero attached hydrogens (tertiary/aromatic N) is 1. The summed E-state index contributed by atoms with van der Waals surface area (Å²) in [5.74, 6) is -0.0777. The second-order valence-electron chi connectivity index (χ2n) is 5.04. The molecular formula is C17H16ClN3OS. The third-order valence-electron chi connectivity index (χ3n) is 3.42. The normalized spacial score (nSPS) is 12.3. The summed E-state index contributed by atoms with van der Waals surface area (Å²) in [6.45, 7) is 1.98. The van der Waals surface area contributed by atoms with Crippen molar-refractivity contribution in [3.63, 3.8) is 0 Å². The lowest BCUT2D eigenvalue weighted by Gasteiger charge is -2.14. The molecule has 0 saturated heterocycles. The molecule has 1 aromatic heterocycles. The van der Waals surface area contributed by atoms with E-state index >= 15 is 0 Å². The maximum Gasteiger partial charge on any atom is 0.238 e. The van der Waals surface area contributed by atoms with E-state index < -0.39 is 0 Å². The van der Waals surface area contributed by atoms with E-state index in [0.717, 1.165) is 16.2 Å². The highest BCUT2D eigenvalue weighted by Gasteiger charge is 2.20. The molecule has 1 atom stereocenters. The van der Waals surface area contributed by atoms with E-state index in [1.54, 1.807) is 12.1 Å². The highest BCUT2D eigenvalue weighted by Crippen LogP contribution is 2.27. The predicted molar refractivity (Wildman–Crippen MR) is 96.1 cm³/mol. The van der Waals surface area contributed by atoms with Crippen molar-refractivity contribution in [3.05, 3.63) is 53.6 Å². The zero-order chi connectivity index (χ0) is 16.2. The lowest BCUT2D eigenvalue weighted by atomic mass is 10.2. The number of aromatic nitrogens is 2. The van der Waals surface area contributed by atoms with Crippen LogP contribution in [0.25, 0.3) is 11.0 Å². The first-order valence-corrected chi connectivity index (χ1v) is 8.60. The molecule has 0 radical (unpaired) electrons. The van der Waals surface area contributed by atoms with Gasteiger partial charge in [0.15, 0.2) is 5.16 Å². The highest BCUT2D eigenvalue weighted by molar-refractivity contribution is 8.00. The van der Waals surface area contributed by atoms with E-state index in [-0.39, 0.29) is 11.2 Å². The number of imidazole rings is 1. The molecule has 0 saturated carbocycles. The highest BCUT2D eigenvalue weighted by atomic mass is 35.5. The first-order valence-electron chi connectivity index (χ1n) is 7.34. The number of hydrogen-bond acceptors (Lipinski definition) is 3. The number of carbonyl (C=O) groups is 1. The van der Waals surface area contributed by atoms with Crippen molar-refractivity contribution < 1.29 is 4.79 Å². The van der Waals surface area contributed by atoms with E-state index in [4.69, 9.17) is 11.6 Å². The Morgan fingerprint density at radius 1 is 1.26 bits per heavy atom. The molecule has 1 unspecified atom stereocenters. The van der Waals surface area contributed by atoms with Gasteiger partial charge in [0.05, 0.1) is 27.0 Å². The molecule has 1 amide bonds. The van der Waals surface area contributed by atoms with Crippen LogP contribution in [-0.2, 0) is 4.79 Å². The van der Waals surface area contributed by atoms with Gasteiger partial charge in [-0.1, -0.05) is 54.6 Å². The molecule has 3 aromatic rings. The van der Waals surface area contributed by atoms with Gasteiger partial charge < -0.3 is 10.3 Å². The van der Waals surface area contributed by atoms with Gasteiger partial charge in [-0.15, -0.1) is 0 Å². The average Bonchev–Trinajstić information content (AvgIpc) is 2.97. The molecule has 0 aliphatic rings. The predicted octanol–water partition coefficient (Wildman–Crippen LogP) is 4.73. The van der Waals surface area contributed by atoms with E-state index in [9.17, 15) is 4.79 Å². The number of benzene rings is 2. The molecule has 0 fully saturated rings. The third-order valence-corrected chi connectivity index (χ3v) is 4.99. The molecule has 3 rings (SSSR count). The van der Waals surface area contributed by atoms with Gasteiger partial charge >= 0.3 is 0 Å². The number of H-pyrrole nitrogens is 1. The molecule has 0 aliphatic carbocycles. The largest absolute Gasteiger partial charge is 0.333 e. The van der Waals surface area contributed by atoms with Crippen LogP contribution in [0.1, 0.15) is 13.3 Å².